The molecule has 3 N–H and O–H groups in total. The Hall–Kier alpha value is -3.76. The molecule has 1 amide bonds. The van der Waals surface area contributed by atoms with E-state index in [1.54, 1.807) is 37.9 Å². The summed E-state index contributed by atoms with van der Waals surface area (Å²) in [7, 11) is 3.29. The van der Waals surface area contributed by atoms with E-state index in [2.05, 4.69) is 15.3 Å². The lowest BCUT2D eigenvalue weighted by Gasteiger charge is -2.29. The smallest absolute Gasteiger partial charge is 0.416 e. The number of carbonyl (C=O) groups excluding carboxylic acids is 1. The Morgan fingerprint density at radius 2 is 1.92 bits per heavy atom. The zero-order chi connectivity index (χ0) is 27.6. The first-order valence-corrected chi connectivity index (χ1v) is 12.4. The van der Waals surface area contributed by atoms with Gasteiger partial charge in [-0.2, -0.15) is 13.2 Å². The van der Waals surface area contributed by atoms with Gasteiger partial charge in [-0.05, 0) is 56.5 Å². The highest BCUT2D eigenvalue weighted by molar-refractivity contribution is 5.92. The van der Waals surface area contributed by atoms with E-state index in [1.807, 2.05) is 0 Å². The Morgan fingerprint density at radius 1 is 1.18 bits per heavy atom. The lowest BCUT2D eigenvalue weighted by Crippen LogP contribution is -2.38. The van der Waals surface area contributed by atoms with Crippen LogP contribution in [0.2, 0.25) is 0 Å². The zero-order valence-corrected chi connectivity index (χ0v) is 21.9. The predicted octanol–water partition coefficient (Wildman–Crippen LogP) is 5.36. The van der Waals surface area contributed by atoms with Crippen LogP contribution in [0.25, 0.3) is 10.9 Å². The summed E-state index contributed by atoms with van der Waals surface area (Å²) in [5, 5.41) is 3.81. The van der Waals surface area contributed by atoms with Gasteiger partial charge in [-0.3, -0.25) is 4.79 Å². The number of alkyl halides is 3. The first-order chi connectivity index (χ1) is 18.0. The highest BCUT2D eigenvalue weighted by Gasteiger charge is 2.31. The van der Waals surface area contributed by atoms with Crippen molar-refractivity contribution in [1.29, 1.82) is 0 Å². The second-order valence-electron chi connectivity index (χ2n) is 9.63. The van der Waals surface area contributed by atoms with Crippen LogP contribution in [0.15, 0.2) is 30.3 Å². The number of amides is 1. The van der Waals surface area contributed by atoms with Crippen LogP contribution in [-0.2, 0) is 11.0 Å². The quantitative estimate of drug-likeness (QED) is 0.359. The molecule has 0 aliphatic heterocycles. The molecule has 0 saturated heterocycles. The van der Waals surface area contributed by atoms with Gasteiger partial charge >= 0.3 is 6.18 Å². The summed E-state index contributed by atoms with van der Waals surface area (Å²) < 4.78 is 51.5. The van der Waals surface area contributed by atoms with Crippen LogP contribution in [0.5, 0.6) is 11.5 Å². The summed E-state index contributed by atoms with van der Waals surface area (Å²) in [5.74, 6) is 2.05. The van der Waals surface area contributed by atoms with Crippen molar-refractivity contribution in [2.75, 3.05) is 38.4 Å². The first kappa shape index (κ1) is 27.3. The Labute approximate surface area is 219 Å². The number of nitrogens with zero attached hydrogens (tertiary/aromatic N) is 3. The van der Waals surface area contributed by atoms with E-state index < -0.39 is 17.8 Å². The van der Waals surface area contributed by atoms with Crippen molar-refractivity contribution in [3.05, 3.63) is 47.3 Å². The number of anilines is 2. The van der Waals surface area contributed by atoms with Crippen molar-refractivity contribution in [3.8, 4) is 11.5 Å². The SMILES string of the molecule is COc1cc2nc(C)nc(N[C@H](C)c3cc(N)cc(C(F)(F)F)c3)c2cc1OCCN(C)C(=O)C1CCC1. The molecular formula is C27H32F3N5O3. The van der Waals surface area contributed by atoms with Crippen LogP contribution in [0.4, 0.5) is 24.7 Å². The van der Waals surface area contributed by atoms with Crippen molar-refractivity contribution in [1.82, 2.24) is 14.9 Å². The lowest BCUT2D eigenvalue weighted by atomic mass is 9.84. The molecule has 0 radical (unpaired) electrons. The second-order valence-corrected chi connectivity index (χ2v) is 9.63. The van der Waals surface area contributed by atoms with Crippen molar-refractivity contribution in [3.63, 3.8) is 0 Å². The molecular weight excluding hydrogens is 499 g/mol. The van der Waals surface area contributed by atoms with Gasteiger partial charge in [0.1, 0.15) is 18.2 Å². The number of hydrogen-bond acceptors (Lipinski definition) is 7. The van der Waals surface area contributed by atoms with E-state index in [9.17, 15) is 18.0 Å². The number of aryl methyl sites for hydroxylation is 1. The summed E-state index contributed by atoms with van der Waals surface area (Å²) in [6, 6.07) is 6.39. The molecule has 0 spiro atoms. The molecule has 1 heterocycles. The second kappa shape index (κ2) is 10.9. The molecule has 1 fully saturated rings. The minimum atomic E-state index is -4.51. The van der Waals surface area contributed by atoms with E-state index in [0.29, 0.717) is 46.2 Å². The zero-order valence-electron chi connectivity index (χ0n) is 21.9. The third-order valence-electron chi connectivity index (χ3n) is 6.77. The van der Waals surface area contributed by atoms with Crippen molar-refractivity contribution in [2.24, 2.45) is 5.92 Å². The van der Waals surface area contributed by atoms with Gasteiger partial charge in [-0.15, -0.1) is 0 Å². The third kappa shape index (κ3) is 6.03. The first-order valence-electron chi connectivity index (χ1n) is 12.4. The van der Waals surface area contributed by atoms with Gasteiger partial charge in [0, 0.05) is 30.1 Å². The number of nitrogens with two attached hydrogens (primary N) is 1. The van der Waals surface area contributed by atoms with E-state index in [0.717, 1.165) is 31.4 Å². The summed E-state index contributed by atoms with van der Waals surface area (Å²) >= 11 is 0. The molecule has 1 aromatic heterocycles. The fraction of sp³-hybridized carbons (Fsp3) is 0.444. The van der Waals surface area contributed by atoms with Crippen LogP contribution in [-0.4, -0.2) is 48.1 Å². The fourth-order valence-corrected chi connectivity index (χ4v) is 4.38. The Kier molecular flexibility index (Phi) is 7.84. The maximum atomic E-state index is 13.3. The van der Waals surface area contributed by atoms with Gasteiger partial charge < -0.3 is 25.4 Å². The van der Waals surface area contributed by atoms with Gasteiger partial charge in [-0.1, -0.05) is 6.42 Å². The van der Waals surface area contributed by atoms with E-state index in [-0.39, 0.29) is 24.1 Å². The van der Waals surface area contributed by atoms with Crippen LogP contribution < -0.4 is 20.5 Å². The number of rotatable bonds is 9. The van der Waals surface area contributed by atoms with Crippen LogP contribution in [0.3, 0.4) is 0 Å². The predicted molar refractivity (Wildman–Crippen MR) is 139 cm³/mol. The average molecular weight is 532 g/mol. The van der Waals surface area contributed by atoms with Gasteiger partial charge in [-0.25, -0.2) is 9.97 Å². The molecule has 0 bridgehead atoms. The Balaban J connectivity index is 1.58. The van der Waals surface area contributed by atoms with Crippen LogP contribution >= 0.6 is 0 Å². The minimum Gasteiger partial charge on any atom is -0.493 e. The monoisotopic (exact) mass is 531 g/mol. The Morgan fingerprint density at radius 3 is 2.55 bits per heavy atom. The topological polar surface area (TPSA) is 103 Å². The van der Waals surface area contributed by atoms with E-state index in [1.165, 1.54) is 13.2 Å². The minimum absolute atomic E-state index is 0.0216. The molecule has 8 nitrogen and oxygen atoms in total. The normalized spacial score (nSPS) is 14.6. The van der Waals surface area contributed by atoms with E-state index >= 15 is 0 Å². The number of aromatic nitrogens is 2. The number of benzene rings is 2. The third-order valence-corrected chi connectivity index (χ3v) is 6.77. The number of carbonyl (C=O) groups is 1. The molecule has 38 heavy (non-hydrogen) atoms. The number of nitrogen functional groups attached to an aromatic ring is 1. The summed E-state index contributed by atoms with van der Waals surface area (Å²) in [6.45, 7) is 4.13. The van der Waals surface area contributed by atoms with Crippen molar-refractivity contribution >= 4 is 28.3 Å². The number of fused-ring (bicyclic) bond motifs is 1. The number of likely N-dealkylation sites (N-methyl/N-ethyl adjacent to an activating group) is 1. The molecule has 11 heteroatoms. The molecule has 204 valence electrons. The Bertz CT molecular complexity index is 1330. The van der Waals surface area contributed by atoms with E-state index in [4.69, 9.17) is 15.2 Å². The molecule has 2 aromatic carbocycles. The molecule has 0 unspecified atom stereocenters. The molecule has 1 aliphatic carbocycles. The summed E-state index contributed by atoms with van der Waals surface area (Å²) in [5.41, 5.74) is 5.91. The van der Waals surface area contributed by atoms with Crippen molar-refractivity contribution < 1.29 is 27.4 Å². The summed E-state index contributed by atoms with van der Waals surface area (Å²) in [4.78, 5) is 23.1. The molecule has 3 aromatic rings. The summed E-state index contributed by atoms with van der Waals surface area (Å²) in [6.07, 6.45) is -1.55. The average Bonchev–Trinajstić information content (AvgIpc) is 2.81. The lowest BCUT2D eigenvalue weighted by molar-refractivity contribution is -0.138. The number of hydrogen-bond donors (Lipinski definition) is 2. The maximum Gasteiger partial charge on any atom is 0.416 e. The maximum absolute atomic E-state index is 13.3. The van der Waals surface area contributed by atoms with Crippen molar-refractivity contribution in [2.45, 2.75) is 45.3 Å². The largest absolute Gasteiger partial charge is 0.493 e. The number of ether oxygens (including phenoxy) is 2. The standard InChI is InChI=1S/C27H32F3N5O3/c1-15(18-10-19(27(28,29)30)12-20(31)11-18)32-25-21-13-24(23(37-4)14-22(21)33-16(2)34-25)38-9-8-35(3)26(36)17-6-5-7-17/h10-15,17H,5-9,31H2,1-4H3,(H,32,33,34)/t15-/m1/s1. The number of methoxy groups -OCH3 is 1. The highest BCUT2D eigenvalue weighted by atomic mass is 19.4. The molecule has 1 atom stereocenters. The fourth-order valence-electron chi connectivity index (χ4n) is 4.38. The van der Waals surface area contributed by atoms with Crippen LogP contribution in [0, 0.1) is 12.8 Å². The molecule has 1 saturated carbocycles. The van der Waals surface area contributed by atoms with Crippen LogP contribution in [0.1, 0.15) is 49.2 Å². The van der Waals surface area contributed by atoms with Gasteiger partial charge in [0.15, 0.2) is 11.5 Å². The number of halogens is 3. The van der Waals surface area contributed by atoms with Gasteiger partial charge in [0.05, 0.1) is 30.8 Å². The van der Waals surface area contributed by atoms with Gasteiger partial charge in [0.2, 0.25) is 5.91 Å². The highest BCUT2D eigenvalue weighted by Crippen LogP contribution is 2.37. The molecule has 4 rings (SSSR count). The van der Waals surface area contributed by atoms with Gasteiger partial charge in [0.25, 0.3) is 0 Å². The number of nitrogens with one attached hydrogen (secondary N) is 1. The molecule has 1 aliphatic rings.